The number of halogens is 7. The van der Waals surface area contributed by atoms with Crippen molar-refractivity contribution in [2.75, 3.05) is 5.32 Å². The smallest absolute Gasteiger partial charge is 0.405 e. The van der Waals surface area contributed by atoms with E-state index in [0.29, 0.717) is 12.1 Å². The van der Waals surface area contributed by atoms with E-state index in [2.05, 4.69) is 4.74 Å². The molecule has 0 fully saturated rings. The number of carbonyl (C=O) groups is 1. The Labute approximate surface area is 152 Å². The number of carbonyl (C=O) groups excluding carboxylic acids is 1. The molecule has 1 aliphatic heterocycles. The quantitative estimate of drug-likeness (QED) is 0.718. The fourth-order valence-electron chi connectivity index (χ4n) is 2.77. The predicted molar refractivity (Wildman–Crippen MR) is 81.2 cm³/mol. The van der Waals surface area contributed by atoms with Crippen molar-refractivity contribution in [2.24, 2.45) is 0 Å². The Balaban J connectivity index is 2.20. The minimum Gasteiger partial charge on any atom is -0.405 e. The molecule has 0 bridgehead atoms. The lowest BCUT2D eigenvalue weighted by Gasteiger charge is -2.25. The summed E-state index contributed by atoms with van der Waals surface area (Å²) in [7, 11) is 0. The molecule has 1 amide bonds. The van der Waals surface area contributed by atoms with Crippen molar-refractivity contribution in [3.8, 4) is 5.75 Å². The van der Waals surface area contributed by atoms with Gasteiger partial charge in [0.05, 0.1) is 10.6 Å². The molecule has 0 saturated heterocycles. The average molecular weight is 412 g/mol. The zero-order chi connectivity index (χ0) is 20.2. The molecule has 1 unspecified atom stereocenters. The molecule has 27 heavy (non-hydrogen) atoms. The van der Waals surface area contributed by atoms with Gasteiger partial charge in [-0.15, -0.1) is 13.2 Å². The fraction of sp³-hybridized carbons (Fsp3) is 0.188. The molecule has 0 aromatic heterocycles. The number of ether oxygens (including phenoxy) is 1. The van der Waals surface area contributed by atoms with Crippen molar-refractivity contribution in [3.05, 3.63) is 58.1 Å². The predicted octanol–water partition coefficient (Wildman–Crippen LogP) is 4.45. The Morgan fingerprint density at radius 3 is 2.26 bits per heavy atom. The second-order valence-corrected chi connectivity index (χ2v) is 5.99. The van der Waals surface area contributed by atoms with E-state index in [1.807, 2.05) is 5.32 Å². The molecule has 11 heteroatoms. The lowest BCUT2D eigenvalue weighted by atomic mass is 9.86. The van der Waals surface area contributed by atoms with Gasteiger partial charge in [-0.05, 0) is 18.2 Å². The van der Waals surface area contributed by atoms with E-state index in [9.17, 15) is 36.2 Å². The molecule has 0 aliphatic carbocycles. The highest BCUT2D eigenvalue weighted by atomic mass is 35.5. The van der Waals surface area contributed by atoms with Crippen LogP contribution in [0.25, 0.3) is 0 Å². The van der Waals surface area contributed by atoms with Crippen LogP contribution in [0.4, 0.5) is 32.0 Å². The molecule has 0 saturated carbocycles. The van der Waals surface area contributed by atoms with E-state index >= 15 is 0 Å². The van der Waals surface area contributed by atoms with Gasteiger partial charge in [0, 0.05) is 16.8 Å². The highest BCUT2D eigenvalue weighted by Gasteiger charge is 2.51. The molecule has 0 spiro atoms. The van der Waals surface area contributed by atoms with Crippen LogP contribution in [0.5, 0.6) is 5.75 Å². The Morgan fingerprint density at radius 2 is 1.67 bits per heavy atom. The van der Waals surface area contributed by atoms with Crippen LogP contribution in [0.1, 0.15) is 16.7 Å². The maximum absolute atomic E-state index is 13.0. The Morgan fingerprint density at radius 1 is 1.04 bits per heavy atom. The first-order chi connectivity index (χ1) is 12.3. The third-order valence-corrected chi connectivity index (χ3v) is 4.19. The third kappa shape index (κ3) is 3.30. The Kier molecular flexibility index (Phi) is 4.31. The molecule has 0 radical (unpaired) electrons. The number of anilines is 1. The van der Waals surface area contributed by atoms with Crippen molar-refractivity contribution in [1.82, 2.24) is 0 Å². The summed E-state index contributed by atoms with van der Waals surface area (Å²) in [5.41, 5.74) is -5.46. The molecule has 3 rings (SSSR count). The average Bonchev–Trinajstić information content (AvgIpc) is 2.77. The summed E-state index contributed by atoms with van der Waals surface area (Å²) in [5.74, 6) is -2.13. The number of alkyl halides is 6. The van der Waals surface area contributed by atoms with Gasteiger partial charge >= 0.3 is 12.5 Å². The molecular weight excluding hydrogens is 404 g/mol. The van der Waals surface area contributed by atoms with Gasteiger partial charge in [0.15, 0.2) is 5.60 Å². The number of rotatable bonds is 2. The van der Waals surface area contributed by atoms with Gasteiger partial charge in [-0.3, -0.25) is 4.79 Å². The number of hydrogen-bond acceptors (Lipinski definition) is 3. The largest absolute Gasteiger partial charge is 0.573 e. The van der Waals surface area contributed by atoms with Gasteiger partial charge in [0.1, 0.15) is 5.75 Å². The van der Waals surface area contributed by atoms with Crippen LogP contribution >= 0.6 is 11.6 Å². The number of amides is 1. The maximum Gasteiger partial charge on any atom is 0.573 e. The van der Waals surface area contributed by atoms with Crippen LogP contribution in [-0.2, 0) is 16.6 Å². The number of hydrogen-bond donors (Lipinski definition) is 2. The molecule has 1 aliphatic rings. The third-order valence-electron chi connectivity index (χ3n) is 3.88. The molecule has 2 aromatic carbocycles. The van der Waals surface area contributed by atoms with Crippen LogP contribution in [-0.4, -0.2) is 17.4 Å². The van der Waals surface area contributed by atoms with Crippen LogP contribution in [0.2, 0.25) is 5.02 Å². The Hall–Kier alpha value is -2.46. The van der Waals surface area contributed by atoms with Gasteiger partial charge in [-0.2, -0.15) is 13.2 Å². The molecule has 1 atom stereocenters. The van der Waals surface area contributed by atoms with E-state index in [0.717, 1.165) is 12.1 Å². The Bertz CT molecular complexity index is 927. The van der Waals surface area contributed by atoms with Crippen molar-refractivity contribution in [1.29, 1.82) is 0 Å². The van der Waals surface area contributed by atoms with Crippen LogP contribution in [0, 0.1) is 0 Å². The SMILES string of the molecule is O=C1Nc2cc(C(F)(F)F)c(Cl)cc2C1(O)c1ccccc1OC(F)(F)F. The molecule has 2 N–H and O–H groups in total. The minimum atomic E-state index is -5.12. The maximum atomic E-state index is 13.0. The summed E-state index contributed by atoms with van der Waals surface area (Å²) < 4.78 is 80.6. The first-order valence-corrected chi connectivity index (χ1v) is 7.52. The van der Waals surface area contributed by atoms with E-state index in [1.165, 1.54) is 12.1 Å². The molecular formula is C16H8ClF6NO3. The van der Waals surface area contributed by atoms with Crippen molar-refractivity contribution in [3.63, 3.8) is 0 Å². The molecule has 4 nitrogen and oxygen atoms in total. The molecule has 2 aromatic rings. The zero-order valence-electron chi connectivity index (χ0n) is 12.9. The number of benzene rings is 2. The summed E-state index contributed by atoms with van der Waals surface area (Å²) in [6.45, 7) is 0. The number of nitrogens with one attached hydrogen (secondary N) is 1. The molecule has 1 heterocycles. The second-order valence-electron chi connectivity index (χ2n) is 5.58. The topological polar surface area (TPSA) is 58.6 Å². The van der Waals surface area contributed by atoms with Crippen molar-refractivity contribution >= 4 is 23.2 Å². The first-order valence-electron chi connectivity index (χ1n) is 7.14. The zero-order valence-corrected chi connectivity index (χ0v) is 13.6. The lowest BCUT2D eigenvalue weighted by Crippen LogP contribution is -2.36. The second kappa shape index (κ2) is 6.03. The number of fused-ring (bicyclic) bond motifs is 1. The van der Waals surface area contributed by atoms with Crippen LogP contribution in [0.3, 0.4) is 0 Å². The normalized spacial score (nSPS) is 19.6. The monoisotopic (exact) mass is 411 g/mol. The number of para-hydroxylation sites is 1. The van der Waals surface area contributed by atoms with Gasteiger partial charge in [-0.1, -0.05) is 29.8 Å². The fourth-order valence-corrected chi connectivity index (χ4v) is 3.05. The first kappa shape index (κ1) is 19.3. The van der Waals surface area contributed by atoms with Crippen LogP contribution < -0.4 is 10.1 Å². The van der Waals surface area contributed by atoms with E-state index in [-0.39, 0.29) is 0 Å². The summed E-state index contributed by atoms with van der Waals surface area (Å²) in [5, 5.41) is 12.1. The summed E-state index contributed by atoms with van der Waals surface area (Å²) in [6, 6.07) is 5.43. The van der Waals surface area contributed by atoms with E-state index < -0.39 is 57.2 Å². The van der Waals surface area contributed by atoms with Gasteiger partial charge in [0.2, 0.25) is 0 Å². The van der Waals surface area contributed by atoms with Crippen molar-refractivity contribution in [2.45, 2.75) is 18.1 Å². The highest BCUT2D eigenvalue weighted by molar-refractivity contribution is 6.32. The van der Waals surface area contributed by atoms with Gasteiger partial charge < -0.3 is 15.2 Å². The van der Waals surface area contributed by atoms with Crippen molar-refractivity contribution < 1.29 is 41.0 Å². The van der Waals surface area contributed by atoms with Crippen LogP contribution in [0.15, 0.2) is 36.4 Å². The summed E-state index contributed by atoms with van der Waals surface area (Å²) >= 11 is 5.62. The molecule has 144 valence electrons. The van der Waals surface area contributed by atoms with Gasteiger partial charge in [0.25, 0.3) is 5.91 Å². The summed E-state index contributed by atoms with van der Waals surface area (Å²) in [6.07, 6.45) is -9.96. The highest BCUT2D eigenvalue weighted by Crippen LogP contribution is 2.48. The lowest BCUT2D eigenvalue weighted by molar-refractivity contribution is -0.275. The standard InChI is InChI=1S/C16H8ClF6NO3/c17-10-5-9-11(6-8(10)15(18,19)20)24-13(25)14(9,26)7-3-1-2-4-12(7)27-16(21,22)23/h1-6,26H,(H,24,25). The summed E-state index contributed by atoms with van der Waals surface area (Å²) in [4.78, 5) is 12.3. The number of aliphatic hydroxyl groups is 1. The van der Waals surface area contributed by atoms with Gasteiger partial charge in [-0.25, -0.2) is 0 Å². The minimum absolute atomic E-state index is 0.427. The van der Waals surface area contributed by atoms with E-state index in [1.54, 1.807) is 0 Å². The van der Waals surface area contributed by atoms with E-state index in [4.69, 9.17) is 11.6 Å².